The molecule has 2 aromatic carbocycles. The second kappa shape index (κ2) is 10.2. The van der Waals surface area contributed by atoms with E-state index in [-0.39, 0.29) is 44.1 Å². The summed E-state index contributed by atoms with van der Waals surface area (Å²) in [6.45, 7) is 1.65. The van der Waals surface area contributed by atoms with Crippen LogP contribution in [-0.4, -0.2) is 51.7 Å². The van der Waals surface area contributed by atoms with Crippen LogP contribution in [0.5, 0.6) is 6.01 Å². The van der Waals surface area contributed by atoms with E-state index in [4.69, 9.17) is 32.8 Å². The van der Waals surface area contributed by atoms with Gasteiger partial charge in [-0.2, -0.15) is 9.97 Å². The number of anilines is 3. The number of thiazole rings is 1. The Balaban J connectivity index is 1.34. The van der Waals surface area contributed by atoms with Crippen molar-refractivity contribution >= 4 is 60.8 Å². The van der Waals surface area contributed by atoms with Crippen molar-refractivity contribution in [3.8, 4) is 17.1 Å². The number of nitrogens with zero attached hydrogens (tertiary/aromatic N) is 5. The fraction of sp³-hybridized carbons (Fsp3) is 0.286. The summed E-state index contributed by atoms with van der Waals surface area (Å²) < 4.78 is 37.3. The number of pyridine rings is 1. The van der Waals surface area contributed by atoms with Crippen LogP contribution in [0, 0.1) is 11.6 Å². The lowest BCUT2D eigenvalue weighted by Gasteiger charge is -2.34. The number of halogens is 3. The highest BCUT2D eigenvalue weighted by atomic mass is 35.5. The molecule has 210 valence electrons. The summed E-state index contributed by atoms with van der Waals surface area (Å²) in [6.07, 6.45) is 2.60. The molecule has 2 fully saturated rings. The number of hydrogen-bond donors (Lipinski definition) is 3. The summed E-state index contributed by atoms with van der Waals surface area (Å²) in [7, 11) is 0. The Hall–Kier alpha value is -3.87. The van der Waals surface area contributed by atoms with Gasteiger partial charge in [0.05, 0.1) is 21.8 Å². The van der Waals surface area contributed by atoms with Crippen molar-refractivity contribution in [2.24, 2.45) is 0 Å². The fourth-order valence-electron chi connectivity index (χ4n) is 5.76. The Morgan fingerprint density at radius 3 is 2.61 bits per heavy atom. The van der Waals surface area contributed by atoms with Crippen LogP contribution in [0.2, 0.25) is 5.02 Å². The minimum absolute atomic E-state index is 0.0385. The zero-order valence-corrected chi connectivity index (χ0v) is 23.3. The Kier molecular flexibility index (Phi) is 6.48. The van der Waals surface area contributed by atoms with Gasteiger partial charge in [0.15, 0.2) is 10.9 Å². The quantitative estimate of drug-likeness (QED) is 0.250. The number of aromatic nitrogens is 4. The molecular formula is C28H25ClF2N8OS. The number of rotatable bonds is 6. The third-order valence-corrected chi connectivity index (χ3v) is 8.75. The van der Waals surface area contributed by atoms with Crippen molar-refractivity contribution in [3.05, 3.63) is 58.7 Å². The highest BCUT2D eigenvalue weighted by Crippen LogP contribution is 2.43. The number of benzene rings is 2. The first-order valence-corrected chi connectivity index (χ1v) is 14.4. The van der Waals surface area contributed by atoms with Gasteiger partial charge in [0.2, 0.25) is 0 Å². The minimum atomic E-state index is -0.670. The number of fused-ring (bicyclic) bond motifs is 4. The highest BCUT2D eigenvalue weighted by molar-refractivity contribution is 7.22. The second-order valence-corrected chi connectivity index (χ2v) is 11.7. The molecule has 2 saturated heterocycles. The zero-order chi connectivity index (χ0) is 28.2. The van der Waals surface area contributed by atoms with E-state index in [1.54, 1.807) is 12.1 Å². The topological polar surface area (TPSA) is 128 Å². The number of hydrogen-bond acceptors (Lipinski definition) is 10. The second-order valence-electron chi connectivity index (χ2n) is 10.3. The van der Waals surface area contributed by atoms with Crippen LogP contribution in [0.1, 0.15) is 18.5 Å². The summed E-state index contributed by atoms with van der Waals surface area (Å²) in [5.74, 6) is -0.182. The highest BCUT2D eigenvalue weighted by Gasteiger charge is 2.34. The fourth-order valence-corrected chi connectivity index (χ4v) is 6.82. The lowest BCUT2D eigenvalue weighted by atomic mass is 10.0. The Morgan fingerprint density at radius 1 is 1.02 bits per heavy atom. The van der Waals surface area contributed by atoms with Crippen molar-refractivity contribution in [2.45, 2.75) is 31.3 Å². The maximum Gasteiger partial charge on any atom is 0.319 e. The van der Waals surface area contributed by atoms with E-state index in [1.807, 2.05) is 12.1 Å². The molecule has 5 heterocycles. The van der Waals surface area contributed by atoms with Gasteiger partial charge in [-0.15, -0.1) is 0 Å². The summed E-state index contributed by atoms with van der Waals surface area (Å²) >= 11 is 7.75. The van der Waals surface area contributed by atoms with Gasteiger partial charge < -0.3 is 26.4 Å². The molecule has 13 heteroatoms. The molecule has 2 unspecified atom stereocenters. The standard InChI is InChI=1S/C28H25ClF2N8OS/c29-18-10-17-23(22(31)21(18)16-6-7-19(30)25-24(16)36-27(33)41-25)37-28(40-9-8-13-2-1-3-20(32)35-13)38-26(17)39-11-14-4-5-15(12-39)34-14/h1-3,6-7,10,14-15,34H,4-5,8-9,11-12H2,(H2,32,35)(H2,33,36). The van der Waals surface area contributed by atoms with Gasteiger partial charge in [-0.05, 0) is 43.2 Å². The van der Waals surface area contributed by atoms with Gasteiger partial charge in [0.25, 0.3) is 0 Å². The number of nitrogens with one attached hydrogen (secondary N) is 1. The molecule has 7 rings (SSSR count). The number of piperazine rings is 1. The third-order valence-electron chi connectivity index (χ3n) is 7.56. The normalized spacial score (nSPS) is 18.5. The number of nitrogen functional groups attached to an aromatic ring is 2. The van der Waals surface area contributed by atoms with Gasteiger partial charge in [0, 0.05) is 53.8 Å². The van der Waals surface area contributed by atoms with Crippen molar-refractivity contribution in [3.63, 3.8) is 0 Å². The maximum absolute atomic E-state index is 16.5. The molecule has 9 nitrogen and oxygen atoms in total. The van der Waals surface area contributed by atoms with E-state index in [9.17, 15) is 4.39 Å². The van der Waals surface area contributed by atoms with E-state index < -0.39 is 11.6 Å². The van der Waals surface area contributed by atoms with E-state index in [2.05, 4.69) is 25.2 Å². The average molecular weight is 595 g/mol. The van der Waals surface area contributed by atoms with E-state index in [0.717, 1.165) is 29.9 Å². The largest absolute Gasteiger partial charge is 0.463 e. The predicted octanol–water partition coefficient (Wildman–Crippen LogP) is 4.96. The molecule has 2 aliphatic heterocycles. The Labute approximate surface area is 242 Å². The molecule has 0 radical (unpaired) electrons. The van der Waals surface area contributed by atoms with Gasteiger partial charge in [0.1, 0.15) is 23.0 Å². The van der Waals surface area contributed by atoms with Crippen LogP contribution in [0.25, 0.3) is 32.2 Å². The molecule has 41 heavy (non-hydrogen) atoms. The predicted molar refractivity (Wildman–Crippen MR) is 157 cm³/mol. The lowest BCUT2D eigenvalue weighted by molar-refractivity contribution is 0.296. The number of nitrogens with two attached hydrogens (primary N) is 2. The third kappa shape index (κ3) is 4.75. The van der Waals surface area contributed by atoms with Crippen molar-refractivity contribution in [1.82, 2.24) is 25.3 Å². The SMILES string of the molecule is Nc1cccc(CCOc2nc(N3CC4CCC(C3)N4)c3cc(Cl)c(-c4ccc(F)c5sc(N)nc45)c(F)c3n2)n1. The summed E-state index contributed by atoms with van der Waals surface area (Å²) in [5.41, 5.74) is 13.1. The van der Waals surface area contributed by atoms with Gasteiger partial charge in [-0.1, -0.05) is 29.0 Å². The van der Waals surface area contributed by atoms with Gasteiger partial charge in [-0.25, -0.2) is 18.7 Å². The molecule has 5 aromatic rings. The minimum Gasteiger partial charge on any atom is -0.463 e. The van der Waals surface area contributed by atoms with Crippen molar-refractivity contribution < 1.29 is 13.5 Å². The van der Waals surface area contributed by atoms with Crippen LogP contribution in [0.4, 0.5) is 25.5 Å². The maximum atomic E-state index is 16.5. The first-order chi connectivity index (χ1) is 19.8. The van der Waals surface area contributed by atoms with Crippen LogP contribution in [0.15, 0.2) is 36.4 Å². The zero-order valence-electron chi connectivity index (χ0n) is 21.7. The molecule has 2 atom stereocenters. The van der Waals surface area contributed by atoms with Crippen molar-refractivity contribution in [1.29, 1.82) is 0 Å². The van der Waals surface area contributed by atoms with Crippen LogP contribution in [-0.2, 0) is 6.42 Å². The van der Waals surface area contributed by atoms with Crippen LogP contribution in [0.3, 0.4) is 0 Å². The van der Waals surface area contributed by atoms with Gasteiger partial charge >= 0.3 is 6.01 Å². The van der Waals surface area contributed by atoms with E-state index in [0.29, 0.717) is 54.2 Å². The van der Waals surface area contributed by atoms with E-state index >= 15 is 4.39 Å². The summed E-state index contributed by atoms with van der Waals surface area (Å²) in [4.78, 5) is 19.9. The van der Waals surface area contributed by atoms with Crippen molar-refractivity contribution in [2.75, 3.05) is 36.1 Å². The monoisotopic (exact) mass is 594 g/mol. The smallest absolute Gasteiger partial charge is 0.319 e. The van der Waals surface area contributed by atoms with Gasteiger partial charge in [-0.3, -0.25) is 0 Å². The Bertz CT molecular complexity index is 1810. The first-order valence-electron chi connectivity index (χ1n) is 13.2. The number of ether oxygens (including phenoxy) is 1. The first kappa shape index (κ1) is 26.1. The average Bonchev–Trinajstić information content (AvgIpc) is 3.51. The lowest BCUT2D eigenvalue weighted by Crippen LogP contribution is -2.51. The molecule has 2 bridgehead atoms. The molecule has 5 N–H and O–H groups in total. The summed E-state index contributed by atoms with van der Waals surface area (Å²) in [6, 6.07) is 10.4. The van der Waals surface area contributed by atoms with E-state index in [1.165, 1.54) is 12.1 Å². The molecule has 3 aromatic heterocycles. The van der Waals surface area contributed by atoms with Crippen LogP contribution < -0.4 is 26.4 Å². The Morgan fingerprint density at radius 2 is 1.83 bits per heavy atom. The summed E-state index contributed by atoms with van der Waals surface area (Å²) in [5, 5.41) is 4.39. The molecule has 2 aliphatic rings. The molecule has 0 spiro atoms. The molecule has 0 saturated carbocycles. The molecular weight excluding hydrogens is 570 g/mol. The molecule has 0 aliphatic carbocycles. The molecule has 0 amide bonds. The van der Waals surface area contributed by atoms with Crippen LogP contribution >= 0.6 is 22.9 Å².